The van der Waals surface area contributed by atoms with Gasteiger partial charge < -0.3 is 15.6 Å². The molecule has 0 amide bonds. The summed E-state index contributed by atoms with van der Waals surface area (Å²) in [5.74, 6) is -4.51. The maximum Gasteiger partial charge on any atom is 0.321 e. The first kappa shape index (κ1) is 16.3. The fraction of sp³-hybridized carbons (Fsp3) is 0.308. The number of halogens is 1. The molecule has 3 N–H and O–H groups in total. The molecule has 0 aromatic heterocycles. The molecule has 0 saturated carbocycles. The number of carbonyl (C=O) groups excluding carboxylic acids is 2. The number of rotatable bonds is 7. The summed E-state index contributed by atoms with van der Waals surface area (Å²) in [4.78, 5) is 34.3. The van der Waals surface area contributed by atoms with Crippen LogP contribution in [0.5, 0.6) is 0 Å². The lowest BCUT2D eigenvalue weighted by atomic mass is 9.96. The highest BCUT2D eigenvalue weighted by atomic mass is 79.9. The lowest BCUT2D eigenvalue weighted by Crippen LogP contribution is -2.47. The van der Waals surface area contributed by atoms with Crippen LogP contribution in [0.3, 0.4) is 0 Å². The third kappa shape index (κ3) is 4.43. The highest BCUT2D eigenvalue weighted by molar-refractivity contribution is 9.09. The summed E-state index contributed by atoms with van der Waals surface area (Å²) in [6, 6.07) is 7.21. The molecule has 0 fully saturated rings. The van der Waals surface area contributed by atoms with E-state index in [1.165, 1.54) is 0 Å². The fourth-order valence-electron chi connectivity index (χ4n) is 1.52. The Hall–Kier alpha value is -1.73. The van der Waals surface area contributed by atoms with Crippen LogP contribution in [0.25, 0.3) is 0 Å². The molecule has 1 rings (SSSR count). The minimum atomic E-state index is -1.62. The number of aliphatic carboxylic acids is 1. The van der Waals surface area contributed by atoms with E-state index in [0.29, 0.717) is 0 Å². The monoisotopic (exact) mass is 343 g/mol. The van der Waals surface area contributed by atoms with Gasteiger partial charge in [-0.25, -0.2) is 0 Å². The number of alkyl halides is 1. The van der Waals surface area contributed by atoms with Crippen LogP contribution in [0, 0.1) is 5.92 Å². The van der Waals surface area contributed by atoms with E-state index in [1.807, 2.05) is 6.07 Å². The van der Waals surface area contributed by atoms with Gasteiger partial charge in [0.05, 0.1) is 5.33 Å². The van der Waals surface area contributed by atoms with E-state index in [0.717, 1.165) is 5.56 Å². The number of ketones is 1. The van der Waals surface area contributed by atoms with Gasteiger partial charge in [-0.05, 0) is 5.56 Å². The molecule has 0 bridgehead atoms. The van der Waals surface area contributed by atoms with Gasteiger partial charge in [0, 0.05) is 0 Å². The largest absolute Gasteiger partial charge is 0.480 e. The number of benzene rings is 1. The van der Waals surface area contributed by atoms with E-state index in [2.05, 4.69) is 15.9 Å². The Morgan fingerprint density at radius 3 is 2.35 bits per heavy atom. The van der Waals surface area contributed by atoms with Gasteiger partial charge in [0.15, 0.2) is 5.78 Å². The third-order valence-electron chi connectivity index (χ3n) is 2.60. The van der Waals surface area contributed by atoms with Crippen LogP contribution in [0.4, 0.5) is 0 Å². The topological polar surface area (TPSA) is 107 Å². The lowest BCUT2D eigenvalue weighted by Gasteiger charge is -2.17. The molecule has 1 aromatic rings. The molecule has 0 aliphatic carbocycles. The number of esters is 1. The molecule has 0 aliphatic rings. The van der Waals surface area contributed by atoms with Gasteiger partial charge in [0.1, 0.15) is 18.6 Å². The van der Waals surface area contributed by atoms with Crippen LogP contribution in [-0.2, 0) is 25.7 Å². The van der Waals surface area contributed by atoms with Crippen LogP contribution >= 0.6 is 15.9 Å². The van der Waals surface area contributed by atoms with Crippen molar-refractivity contribution in [1.82, 2.24) is 0 Å². The molecule has 0 radical (unpaired) electrons. The predicted molar refractivity (Wildman–Crippen MR) is 74.1 cm³/mol. The smallest absolute Gasteiger partial charge is 0.321 e. The second kappa shape index (κ2) is 7.76. The van der Waals surface area contributed by atoms with E-state index in [-0.39, 0.29) is 11.9 Å². The average Bonchev–Trinajstić information content (AvgIpc) is 2.45. The quantitative estimate of drug-likeness (QED) is 0.429. The third-order valence-corrected chi connectivity index (χ3v) is 3.15. The Balaban J connectivity index is 2.73. The van der Waals surface area contributed by atoms with Crippen molar-refractivity contribution >= 4 is 33.7 Å². The minimum absolute atomic E-state index is 0.0436. The number of nitrogens with two attached hydrogens (primary N) is 1. The van der Waals surface area contributed by atoms with Crippen molar-refractivity contribution in [3.8, 4) is 0 Å². The molecule has 6 nitrogen and oxygen atoms in total. The summed E-state index contributed by atoms with van der Waals surface area (Å²) in [6.07, 6.45) is 0. The van der Waals surface area contributed by atoms with Crippen LogP contribution < -0.4 is 5.73 Å². The summed E-state index contributed by atoms with van der Waals surface area (Å²) in [7, 11) is 0. The van der Waals surface area contributed by atoms with Crippen molar-refractivity contribution in [2.75, 3.05) is 5.33 Å². The molecule has 1 unspecified atom stereocenters. The van der Waals surface area contributed by atoms with Gasteiger partial charge in [0.2, 0.25) is 0 Å². The molecule has 7 heteroatoms. The summed E-state index contributed by atoms with van der Waals surface area (Å²) in [5.41, 5.74) is 6.10. The van der Waals surface area contributed by atoms with Crippen molar-refractivity contribution in [2.24, 2.45) is 11.7 Å². The maximum absolute atomic E-state index is 11.9. The van der Waals surface area contributed by atoms with Crippen LogP contribution in [0.15, 0.2) is 30.3 Å². The van der Waals surface area contributed by atoms with Crippen molar-refractivity contribution in [1.29, 1.82) is 0 Å². The van der Waals surface area contributed by atoms with E-state index >= 15 is 0 Å². The first-order chi connectivity index (χ1) is 9.47. The summed E-state index contributed by atoms with van der Waals surface area (Å²) in [5, 5.41) is 8.66. The molecule has 2 atom stereocenters. The molecule has 20 heavy (non-hydrogen) atoms. The average molecular weight is 344 g/mol. The zero-order valence-corrected chi connectivity index (χ0v) is 12.1. The molecular weight excluding hydrogens is 330 g/mol. The molecular formula is C13H14BrNO5. The second-order valence-corrected chi connectivity index (χ2v) is 4.60. The fourth-order valence-corrected chi connectivity index (χ4v) is 1.87. The Labute approximate surface area is 124 Å². The van der Waals surface area contributed by atoms with Crippen molar-refractivity contribution in [2.45, 2.75) is 12.6 Å². The second-order valence-electron chi connectivity index (χ2n) is 4.03. The minimum Gasteiger partial charge on any atom is -0.480 e. The zero-order chi connectivity index (χ0) is 15.1. The number of carboxylic acids is 1. The highest BCUT2D eigenvalue weighted by Gasteiger charge is 2.37. The van der Waals surface area contributed by atoms with Crippen LogP contribution in [0.2, 0.25) is 0 Å². The van der Waals surface area contributed by atoms with Crippen molar-refractivity contribution in [3.05, 3.63) is 35.9 Å². The number of ether oxygens (including phenoxy) is 1. The first-order valence-electron chi connectivity index (χ1n) is 5.75. The number of Topliss-reactive ketones (excluding diaryl/α,β-unsaturated/α-hetero) is 1. The van der Waals surface area contributed by atoms with E-state index < -0.39 is 29.7 Å². The lowest BCUT2D eigenvalue weighted by molar-refractivity contribution is -0.158. The van der Waals surface area contributed by atoms with Gasteiger partial charge in [0.25, 0.3) is 0 Å². The Morgan fingerprint density at radius 1 is 1.25 bits per heavy atom. The SMILES string of the molecule is NC(C(=O)O)[C@@H](C(=O)CBr)C(=O)OCc1ccccc1. The molecule has 1 aromatic carbocycles. The number of carboxylic acid groups (broad SMARTS) is 1. The highest BCUT2D eigenvalue weighted by Crippen LogP contribution is 2.11. The Kier molecular flexibility index (Phi) is 6.33. The number of hydrogen-bond acceptors (Lipinski definition) is 5. The summed E-state index contributed by atoms with van der Waals surface area (Å²) >= 11 is 2.89. The first-order valence-corrected chi connectivity index (χ1v) is 6.87. The van der Waals surface area contributed by atoms with Crippen LogP contribution in [-0.4, -0.2) is 34.2 Å². The molecule has 0 aliphatic heterocycles. The van der Waals surface area contributed by atoms with Crippen molar-refractivity contribution in [3.63, 3.8) is 0 Å². The van der Waals surface area contributed by atoms with E-state index in [4.69, 9.17) is 15.6 Å². The van der Waals surface area contributed by atoms with Crippen molar-refractivity contribution < 1.29 is 24.2 Å². The Bertz CT molecular complexity index is 491. The molecule has 108 valence electrons. The predicted octanol–water partition coefficient (Wildman–Crippen LogP) is 0.722. The number of hydrogen-bond donors (Lipinski definition) is 2. The summed E-state index contributed by atoms with van der Waals surface area (Å²) < 4.78 is 4.96. The standard InChI is InChI=1S/C13H14BrNO5/c14-6-9(16)10(11(15)12(17)18)13(19)20-7-8-4-2-1-3-5-8/h1-5,10-11H,6-7,15H2,(H,17,18)/t10-,11?/m1/s1. The van der Waals surface area contributed by atoms with E-state index in [9.17, 15) is 14.4 Å². The van der Waals surface area contributed by atoms with Gasteiger partial charge >= 0.3 is 11.9 Å². The van der Waals surface area contributed by atoms with Gasteiger partial charge in [-0.1, -0.05) is 46.3 Å². The molecule has 0 spiro atoms. The van der Waals surface area contributed by atoms with Gasteiger partial charge in [-0.3, -0.25) is 14.4 Å². The summed E-state index contributed by atoms with van der Waals surface area (Å²) in [6.45, 7) is -0.0436. The molecule has 0 heterocycles. The zero-order valence-electron chi connectivity index (χ0n) is 10.5. The van der Waals surface area contributed by atoms with Gasteiger partial charge in [-0.2, -0.15) is 0 Å². The van der Waals surface area contributed by atoms with E-state index in [1.54, 1.807) is 24.3 Å². The molecule has 0 saturated heterocycles. The maximum atomic E-state index is 11.9. The van der Waals surface area contributed by atoms with Gasteiger partial charge in [-0.15, -0.1) is 0 Å². The number of carbonyl (C=O) groups is 3. The Morgan fingerprint density at radius 2 is 1.85 bits per heavy atom. The van der Waals surface area contributed by atoms with Crippen LogP contribution in [0.1, 0.15) is 5.56 Å². The normalized spacial score (nSPS) is 13.3.